The molecule has 2 nitrogen and oxygen atoms in total. The van der Waals surface area contributed by atoms with E-state index in [4.69, 9.17) is 0 Å². The maximum atomic E-state index is 3.99. The molecule has 1 heterocycles. The van der Waals surface area contributed by atoms with Crippen LogP contribution in [0.3, 0.4) is 0 Å². The number of nitrogens with one attached hydrogen (secondary N) is 1. The number of para-hydroxylation sites is 1. The number of hydrogen-bond acceptors (Lipinski definition) is 2. The molecular formula is C9H8N2S. The molecule has 0 bridgehead atoms. The largest absolute Gasteiger partial charge is 0.345 e. The van der Waals surface area contributed by atoms with Crippen molar-refractivity contribution < 1.29 is 0 Å². The molecule has 1 N–H and O–H groups in total. The van der Waals surface area contributed by atoms with Crippen molar-refractivity contribution in [2.24, 2.45) is 0 Å². The van der Waals surface area contributed by atoms with Gasteiger partial charge in [-0.1, -0.05) is 12.1 Å². The van der Waals surface area contributed by atoms with Crippen LogP contribution in [0.15, 0.2) is 42.2 Å². The third kappa shape index (κ3) is 1.46. The Morgan fingerprint density at radius 3 is 3.17 bits per heavy atom. The normalized spacial score (nSPS) is 9.67. The van der Waals surface area contributed by atoms with Crippen molar-refractivity contribution in [2.75, 3.05) is 0 Å². The number of fused-ring (bicyclic) bond motifs is 1. The summed E-state index contributed by atoms with van der Waals surface area (Å²) in [6.07, 6.45) is 3.46. The van der Waals surface area contributed by atoms with Crippen molar-refractivity contribution in [1.29, 1.82) is 0 Å². The zero-order valence-electron chi connectivity index (χ0n) is 6.40. The summed E-state index contributed by atoms with van der Waals surface area (Å²) in [6, 6.07) is 8.15. The predicted molar refractivity (Wildman–Crippen MR) is 51.6 cm³/mol. The van der Waals surface area contributed by atoms with Crippen LogP contribution in [0.1, 0.15) is 0 Å². The summed E-state index contributed by atoms with van der Waals surface area (Å²) >= 11 is 1.67. The molecule has 0 spiro atoms. The van der Waals surface area contributed by atoms with E-state index in [1.54, 1.807) is 23.9 Å². The van der Waals surface area contributed by atoms with Crippen molar-refractivity contribution >= 4 is 21.6 Å². The molecule has 0 saturated carbocycles. The summed E-state index contributed by atoms with van der Waals surface area (Å²) in [6.45, 7) is 0. The molecule has 2 aromatic rings. The van der Waals surface area contributed by atoms with E-state index in [1.165, 1.54) is 4.70 Å². The fraction of sp³-hybridized carbons (Fsp3) is 0. The first-order chi connectivity index (χ1) is 5.97. The molecule has 0 aliphatic carbocycles. The molecule has 0 aliphatic rings. The van der Waals surface area contributed by atoms with Gasteiger partial charge >= 0.3 is 0 Å². The Bertz CT molecular complexity index is 374. The molecule has 0 saturated heterocycles. The van der Waals surface area contributed by atoms with Crippen LogP contribution in [0.4, 0.5) is 0 Å². The summed E-state index contributed by atoms with van der Waals surface area (Å²) in [5.41, 5.74) is 1.11. The van der Waals surface area contributed by atoms with E-state index in [1.807, 2.05) is 23.6 Å². The SMILES string of the molecule is c1ccc2sccnc[nH]c2c1. The summed E-state index contributed by atoms with van der Waals surface area (Å²) in [5.74, 6) is 0. The minimum Gasteiger partial charge on any atom is -0.345 e. The smallest absolute Gasteiger partial charge is 0.0923 e. The minimum absolute atomic E-state index is 1.11. The van der Waals surface area contributed by atoms with E-state index in [2.05, 4.69) is 16.0 Å². The number of rotatable bonds is 0. The summed E-state index contributed by atoms with van der Waals surface area (Å²) in [4.78, 5) is 7.09. The Hall–Kier alpha value is -1.35. The van der Waals surface area contributed by atoms with Crippen molar-refractivity contribution in [2.45, 2.75) is 0 Å². The predicted octanol–water partition coefficient (Wildman–Crippen LogP) is 2.75. The maximum absolute atomic E-state index is 3.99. The van der Waals surface area contributed by atoms with Crippen LogP contribution >= 0.6 is 11.3 Å². The zero-order chi connectivity index (χ0) is 8.23. The Morgan fingerprint density at radius 2 is 2.17 bits per heavy atom. The standard InChI is InChI=1S/C9H8N2S/c1-2-4-9-8(3-1)11-7-10-5-6-12-9/h1-7H,(H,10,11). The van der Waals surface area contributed by atoms with Crippen LogP contribution in [-0.4, -0.2) is 9.97 Å². The maximum Gasteiger partial charge on any atom is 0.0923 e. The molecule has 3 heteroatoms. The van der Waals surface area contributed by atoms with Crippen molar-refractivity contribution in [3.8, 4) is 0 Å². The monoisotopic (exact) mass is 176 g/mol. The second kappa shape index (κ2) is 3.36. The highest BCUT2D eigenvalue weighted by atomic mass is 32.1. The van der Waals surface area contributed by atoms with Crippen molar-refractivity contribution in [1.82, 2.24) is 9.97 Å². The average molecular weight is 176 g/mol. The molecule has 0 unspecified atom stereocenters. The van der Waals surface area contributed by atoms with Gasteiger partial charge in [-0.2, -0.15) is 0 Å². The lowest BCUT2D eigenvalue weighted by molar-refractivity contribution is 1.24. The second-order valence-corrected chi connectivity index (χ2v) is 3.27. The summed E-state index contributed by atoms with van der Waals surface area (Å²) < 4.78 is 1.22. The van der Waals surface area contributed by atoms with Crippen LogP contribution in [0.25, 0.3) is 10.2 Å². The van der Waals surface area contributed by atoms with Crippen LogP contribution in [0, 0.1) is 0 Å². The number of nitrogens with zero attached hydrogens (tertiary/aromatic N) is 1. The first kappa shape index (κ1) is 7.31. The van der Waals surface area contributed by atoms with Gasteiger partial charge in [-0.05, 0) is 12.1 Å². The molecule has 0 fully saturated rings. The summed E-state index contributed by atoms with van der Waals surface area (Å²) in [5, 5.41) is 1.97. The van der Waals surface area contributed by atoms with E-state index in [-0.39, 0.29) is 0 Å². The van der Waals surface area contributed by atoms with E-state index >= 15 is 0 Å². The van der Waals surface area contributed by atoms with Gasteiger partial charge < -0.3 is 4.98 Å². The van der Waals surface area contributed by atoms with Gasteiger partial charge in [0.25, 0.3) is 0 Å². The Labute approximate surface area is 74.2 Å². The van der Waals surface area contributed by atoms with Crippen molar-refractivity contribution in [3.63, 3.8) is 0 Å². The second-order valence-electron chi connectivity index (χ2n) is 2.32. The molecule has 0 amide bonds. The van der Waals surface area contributed by atoms with Crippen LogP contribution in [0.2, 0.25) is 0 Å². The topological polar surface area (TPSA) is 28.7 Å². The highest BCUT2D eigenvalue weighted by molar-refractivity contribution is 7.16. The molecule has 60 valence electrons. The number of hydrogen-bond donors (Lipinski definition) is 1. The first-order valence-corrected chi connectivity index (χ1v) is 4.54. The fourth-order valence-corrected chi connectivity index (χ4v) is 1.67. The first-order valence-electron chi connectivity index (χ1n) is 3.66. The van der Waals surface area contributed by atoms with Gasteiger partial charge in [0.2, 0.25) is 0 Å². The lowest BCUT2D eigenvalue weighted by atomic mass is 10.3. The van der Waals surface area contributed by atoms with E-state index in [9.17, 15) is 0 Å². The molecular weight excluding hydrogens is 168 g/mol. The van der Waals surface area contributed by atoms with Gasteiger partial charge in [0.15, 0.2) is 0 Å². The molecule has 1 aromatic heterocycles. The van der Waals surface area contributed by atoms with Gasteiger partial charge in [0.1, 0.15) is 0 Å². The van der Waals surface area contributed by atoms with Crippen LogP contribution < -0.4 is 0 Å². The Balaban J connectivity index is 2.83. The van der Waals surface area contributed by atoms with Gasteiger partial charge in [-0.15, -0.1) is 11.3 Å². The Morgan fingerprint density at radius 1 is 1.25 bits per heavy atom. The average Bonchev–Trinajstić information content (AvgIpc) is 2.06. The number of aromatic amines is 1. The number of H-pyrrole nitrogens is 1. The quantitative estimate of drug-likeness (QED) is 0.657. The van der Waals surface area contributed by atoms with Gasteiger partial charge in [-0.3, -0.25) is 0 Å². The fourth-order valence-electron chi connectivity index (χ4n) is 0.977. The zero-order valence-corrected chi connectivity index (χ0v) is 7.21. The van der Waals surface area contributed by atoms with Crippen LogP contribution in [0.5, 0.6) is 0 Å². The minimum atomic E-state index is 1.11. The molecule has 0 aliphatic heterocycles. The Kier molecular flexibility index (Phi) is 2.05. The molecule has 0 atom stereocenters. The highest BCUT2D eigenvalue weighted by Gasteiger charge is 1.85. The summed E-state index contributed by atoms with van der Waals surface area (Å²) in [7, 11) is 0. The molecule has 12 heavy (non-hydrogen) atoms. The van der Waals surface area contributed by atoms with E-state index in [0.29, 0.717) is 0 Å². The number of benzene rings is 1. The third-order valence-electron chi connectivity index (χ3n) is 1.52. The van der Waals surface area contributed by atoms with Gasteiger partial charge in [0, 0.05) is 11.6 Å². The van der Waals surface area contributed by atoms with Gasteiger partial charge in [-0.25, -0.2) is 4.98 Å². The van der Waals surface area contributed by atoms with Gasteiger partial charge in [0.05, 0.1) is 16.5 Å². The molecule has 1 aromatic carbocycles. The lowest BCUT2D eigenvalue weighted by Gasteiger charge is -1.90. The highest BCUT2D eigenvalue weighted by Crippen LogP contribution is 2.11. The van der Waals surface area contributed by atoms with Crippen LogP contribution in [-0.2, 0) is 0 Å². The van der Waals surface area contributed by atoms with Crippen molar-refractivity contribution in [3.05, 3.63) is 42.2 Å². The number of aromatic nitrogens is 2. The van der Waals surface area contributed by atoms with E-state index in [0.717, 1.165) is 5.52 Å². The molecule has 0 radical (unpaired) electrons. The lowest BCUT2D eigenvalue weighted by Crippen LogP contribution is -1.72. The van der Waals surface area contributed by atoms with E-state index < -0.39 is 0 Å². The molecule has 2 rings (SSSR count). The third-order valence-corrected chi connectivity index (χ3v) is 2.39.